The normalized spacial score (nSPS) is 12.0. The first-order valence-corrected chi connectivity index (χ1v) is 9.62. The Morgan fingerprint density at radius 2 is 1.88 bits per heavy atom. The zero-order valence-electron chi connectivity index (χ0n) is 14.6. The molecule has 0 aromatic heterocycles. The SMILES string of the molecule is CSc1ccc(/C=C/C(=O)OCC(=O)N[C@@H](C)c2ccccc2Cl)cc1. The summed E-state index contributed by atoms with van der Waals surface area (Å²) in [5.74, 6) is -0.956. The van der Waals surface area contributed by atoms with Gasteiger partial charge < -0.3 is 10.1 Å². The number of nitrogens with one attached hydrogen (secondary N) is 1. The van der Waals surface area contributed by atoms with Crippen LogP contribution in [0.25, 0.3) is 6.08 Å². The van der Waals surface area contributed by atoms with Crippen molar-refractivity contribution < 1.29 is 14.3 Å². The average Bonchev–Trinajstić information content (AvgIpc) is 2.65. The number of thioether (sulfide) groups is 1. The predicted molar refractivity (Wildman–Crippen MR) is 106 cm³/mol. The summed E-state index contributed by atoms with van der Waals surface area (Å²) in [6.45, 7) is 1.47. The van der Waals surface area contributed by atoms with E-state index in [1.807, 2.05) is 55.6 Å². The maximum atomic E-state index is 11.9. The molecule has 0 unspecified atom stereocenters. The van der Waals surface area contributed by atoms with Crippen molar-refractivity contribution in [1.82, 2.24) is 5.32 Å². The summed E-state index contributed by atoms with van der Waals surface area (Å²) in [6, 6.07) is 14.8. The van der Waals surface area contributed by atoms with Gasteiger partial charge >= 0.3 is 5.97 Å². The van der Waals surface area contributed by atoms with Gasteiger partial charge in [-0.2, -0.15) is 0 Å². The number of amides is 1. The first kappa shape index (κ1) is 20.1. The summed E-state index contributed by atoms with van der Waals surface area (Å²) in [5.41, 5.74) is 1.69. The lowest BCUT2D eigenvalue weighted by atomic mass is 10.1. The number of carbonyl (C=O) groups excluding carboxylic acids is 2. The van der Waals surface area contributed by atoms with Crippen LogP contribution in [0.3, 0.4) is 0 Å². The second kappa shape index (κ2) is 10.0. The fourth-order valence-electron chi connectivity index (χ4n) is 2.25. The monoisotopic (exact) mass is 389 g/mol. The minimum absolute atomic E-state index is 0.277. The molecule has 4 nitrogen and oxygen atoms in total. The van der Waals surface area contributed by atoms with Gasteiger partial charge in [-0.25, -0.2) is 4.79 Å². The fourth-order valence-corrected chi connectivity index (χ4v) is 2.96. The molecule has 136 valence electrons. The molecule has 26 heavy (non-hydrogen) atoms. The molecule has 1 N–H and O–H groups in total. The van der Waals surface area contributed by atoms with Crippen LogP contribution in [-0.2, 0) is 14.3 Å². The largest absolute Gasteiger partial charge is 0.452 e. The molecule has 0 bridgehead atoms. The van der Waals surface area contributed by atoms with Gasteiger partial charge in [0.2, 0.25) is 0 Å². The molecule has 0 spiro atoms. The molecule has 0 saturated heterocycles. The first-order chi connectivity index (χ1) is 12.5. The Kier molecular flexibility index (Phi) is 7.75. The molecule has 6 heteroatoms. The lowest BCUT2D eigenvalue weighted by Gasteiger charge is -2.15. The van der Waals surface area contributed by atoms with Crippen LogP contribution in [0, 0.1) is 0 Å². The molecule has 1 atom stereocenters. The van der Waals surface area contributed by atoms with Gasteiger partial charge in [0.1, 0.15) is 0 Å². The smallest absolute Gasteiger partial charge is 0.331 e. The van der Waals surface area contributed by atoms with Crippen LogP contribution < -0.4 is 5.32 Å². The van der Waals surface area contributed by atoms with Crippen LogP contribution in [0.5, 0.6) is 0 Å². The molecule has 2 rings (SSSR count). The first-order valence-electron chi connectivity index (χ1n) is 8.02. The van der Waals surface area contributed by atoms with Crippen molar-refractivity contribution in [2.24, 2.45) is 0 Å². The number of halogens is 1. The lowest BCUT2D eigenvalue weighted by Crippen LogP contribution is -2.31. The highest BCUT2D eigenvalue weighted by Gasteiger charge is 2.13. The van der Waals surface area contributed by atoms with E-state index in [9.17, 15) is 9.59 Å². The number of esters is 1. The summed E-state index contributed by atoms with van der Waals surface area (Å²) in [6.07, 6.45) is 4.95. The predicted octanol–water partition coefficient (Wildman–Crippen LogP) is 4.50. The summed E-state index contributed by atoms with van der Waals surface area (Å²) < 4.78 is 4.96. The van der Waals surface area contributed by atoms with Crippen molar-refractivity contribution in [1.29, 1.82) is 0 Å². The van der Waals surface area contributed by atoms with Gasteiger partial charge in [-0.1, -0.05) is 41.9 Å². The minimum Gasteiger partial charge on any atom is -0.452 e. The number of hydrogen-bond acceptors (Lipinski definition) is 4. The van der Waals surface area contributed by atoms with E-state index >= 15 is 0 Å². The van der Waals surface area contributed by atoms with E-state index in [0.29, 0.717) is 5.02 Å². The van der Waals surface area contributed by atoms with E-state index in [0.717, 1.165) is 16.0 Å². The van der Waals surface area contributed by atoms with Crippen molar-refractivity contribution in [3.63, 3.8) is 0 Å². The van der Waals surface area contributed by atoms with Gasteiger partial charge in [-0.3, -0.25) is 4.79 Å². The zero-order valence-corrected chi connectivity index (χ0v) is 16.1. The highest BCUT2D eigenvalue weighted by atomic mass is 35.5. The van der Waals surface area contributed by atoms with Crippen molar-refractivity contribution in [3.8, 4) is 0 Å². The second-order valence-electron chi connectivity index (χ2n) is 5.52. The third-order valence-electron chi connectivity index (χ3n) is 3.62. The molecule has 0 heterocycles. The molecule has 1 amide bonds. The molecule has 0 aliphatic carbocycles. The van der Waals surface area contributed by atoms with Gasteiger partial charge in [0.05, 0.1) is 6.04 Å². The molecular formula is C20H20ClNO3S. The summed E-state index contributed by atoms with van der Waals surface area (Å²) in [4.78, 5) is 24.8. The maximum Gasteiger partial charge on any atom is 0.331 e. The number of rotatable bonds is 7. The average molecular weight is 390 g/mol. The van der Waals surface area contributed by atoms with E-state index < -0.39 is 5.97 Å². The lowest BCUT2D eigenvalue weighted by molar-refractivity contribution is -0.144. The number of hydrogen-bond donors (Lipinski definition) is 1. The quantitative estimate of drug-likeness (QED) is 0.430. The molecule has 2 aromatic carbocycles. The minimum atomic E-state index is -0.570. The van der Waals surface area contributed by atoms with E-state index in [-0.39, 0.29) is 18.6 Å². The summed E-state index contributed by atoms with van der Waals surface area (Å²) in [5, 5.41) is 3.33. The van der Waals surface area contributed by atoms with Gasteiger partial charge in [-0.15, -0.1) is 11.8 Å². The molecule has 0 aliphatic rings. The van der Waals surface area contributed by atoms with Crippen LogP contribution in [0.1, 0.15) is 24.1 Å². The van der Waals surface area contributed by atoms with E-state index in [1.165, 1.54) is 6.08 Å². The molecule has 0 radical (unpaired) electrons. The Morgan fingerprint density at radius 3 is 2.54 bits per heavy atom. The Bertz CT molecular complexity index is 790. The zero-order chi connectivity index (χ0) is 18.9. The number of carbonyl (C=O) groups is 2. The van der Waals surface area contributed by atoms with Crippen LogP contribution in [-0.4, -0.2) is 24.7 Å². The number of benzene rings is 2. The van der Waals surface area contributed by atoms with Crippen molar-refractivity contribution in [2.45, 2.75) is 17.9 Å². The highest BCUT2D eigenvalue weighted by Crippen LogP contribution is 2.22. The van der Waals surface area contributed by atoms with Crippen molar-refractivity contribution in [2.75, 3.05) is 12.9 Å². The van der Waals surface area contributed by atoms with Crippen molar-refractivity contribution in [3.05, 3.63) is 70.8 Å². The van der Waals surface area contributed by atoms with E-state index in [4.69, 9.17) is 16.3 Å². The van der Waals surface area contributed by atoms with Gasteiger partial charge in [-0.05, 0) is 48.6 Å². The van der Waals surface area contributed by atoms with Crippen molar-refractivity contribution >= 4 is 41.3 Å². The van der Waals surface area contributed by atoms with Crippen LogP contribution in [0.15, 0.2) is 59.5 Å². The summed E-state index contributed by atoms with van der Waals surface area (Å²) in [7, 11) is 0. The maximum absolute atomic E-state index is 11.9. The third-order valence-corrected chi connectivity index (χ3v) is 4.71. The molecule has 2 aromatic rings. The topological polar surface area (TPSA) is 55.4 Å². The molecule has 0 fully saturated rings. The van der Waals surface area contributed by atoms with Crippen LogP contribution in [0.4, 0.5) is 0 Å². The standard InChI is InChI=1S/C20H20ClNO3S/c1-14(17-5-3-4-6-18(17)21)22-19(23)13-25-20(24)12-9-15-7-10-16(26-2)11-8-15/h3-12,14H,13H2,1-2H3,(H,22,23)/b12-9+/t14-/m0/s1. The Labute approximate surface area is 162 Å². The molecule has 0 aliphatic heterocycles. The van der Waals surface area contributed by atoms with Gasteiger partial charge in [0.15, 0.2) is 6.61 Å². The molecule has 0 saturated carbocycles. The Balaban J connectivity index is 1.80. The van der Waals surface area contributed by atoms with Gasteiger partial charge in [0.25, 0.3) is 5.91 Å². The molecular weight excluding hydrogens is 370 g/mol. The fraction of sp³-hybridized carbons (Fsp3) is 0.200. The van der Waals surface area contributed by atoms with Crippen LogP contribution >= 0.6 is 23.4 Å². The van der Waals surface area contributed by atoms with Gasteiger partial charge in [0, 0.05) is 16.0 Å². The summed E-state index contributed by atoms with van der Waals surface area (Å²) >= 11 is 7.75. The Morgan fingerprint density at radius 1 is 1.19 bits per heavy atom. The second-order valence-corrected chi connectivity index (χ2v) is 6.81. The third kappa shape index (κ3) is 6.24. The van der Waals surface area contributed by atoms with E-state index in [1.54, 1.807) is 23.9 Å². The Hall–Kier alpha value is -2.24. The highest BCUT2D eigenvalue weighted by molar-refractivity contribution is 7.98. The van der Waals surface area contributed by atoms with E-state index in [2.05, 4.69) is 5.32 Å². The van der Waals surface area contributed by atoms with Crippen LogP contribution in [0.2, 0.25) is 5.02 Å². The number of ether oxygens (including phenoxy) is 1.